The van der Waals surface area contributed by atoms with Crippen molar-refractivity contribution in [3.63, 3.8) is 0 Å². The molecule has 0 atom stereocenters. The number of rotatable bonds is 19. The van der Waals surface area contributed by atoms with Gasteiger partial charge in [-0.25, -0.2) is 0 Å². The third kappa shape index (κ3) is 14.2. The third-order valence-electron chi connectivity index (χ3n) is 26.1. The number of hydrogen-bond acceptors (Lipinski definition) is 5. The number of aryl methyl sites for hydroxylation is 2. The quantitative estimate of drug-likeness (QED) is 0.0596. The van der Waals surface area contributed by atoms with E-state index in [0.717, 1.165) is 134 Å². The summed E-state index contributed by atoms with van der Waals surface area (Å²) in [5.74, 6) is 0.933. The number of furan rings is 3. The second-order valence-corrected chi connectivity index (χ2v) is 40.9. The molecule has 0 saturated carbocycles. The highest BCUT2D eigenvalue weighted by Crippen LogP contribution is 2.48. The molecule has 0 fully saturated rings. The van der Waals surface area contributed by atoms with Crippen molar-refractivity contribution < 1.29 is 13.3 Å². The summed E-state index contributed by atoms with van der Waals surface area (Å²) in [4.78, 5) is 4.64. The fourth-order valence-corrected chi connectivity index (χ4v) is 29.3. The lowest BCUT2D eigenvalue weighted by molar-refractivity contribution is 0.575. The molecule has 129 heavy (non-hydrogen) atoms. The largest absolute Gasteiger partial charge is 0.461 e. The molecule has 0 amide bonds. The second-order valence-electron chi connectivity index (χ2n) is 33.3. The number of benzene rings is 20. The number of fused-ring (bicyclic) bond motifs is 8. The van der Waals surface area contributed by atoms with Crippen molar-refractivity contribution in [3.05, 3.63) is 509 Å². The van der Waals surface area contributed by atoms with Crippen LogP contribution in [0.2, 0.25) is 0 Å². The van der Waals surface area contributed by atoms with Crippen molar-refractivity contribution in [1.29, 1.82) is 0 Å². The predicted octanol–water partition coefficient (Wildman–Crippen LogP) is 27.7. The minimum atomic E-state index is -2.64. The van der Waals surface area contributed by atoms with Gasteiger partial charge in [-0.3, -0.25) is 0 Å². The number of para-hydroxylation sites is 4. The van der Waals surface area contributed by atoms with E-state index in [4.69, 9.17) is 13.3 Å². The highest BCUT2D eigenvalue weighted by molar-refractivity contribution is 7.20. The lowest BCUT2D eigenvalue weighted by Crippen LogP contribution is -2.74. The molecule has 0 unspecified atom stereocenters. The van der Waals surface area contributed by atoms with E-state index in [1.807, 2.05) is 13.0 Å². The van der Waals surface area contributed by atoms with Crippen LogP contribution in [0.25, 0.3) is 121 Å². The Kier molecular flexibility index (Phi) is 20.8. The lowest BCUT2D eigenvalue weighted by atomic mass is 9.98. The Hall–Kier alpha value is -16.2. The lowest BCUT2D eigenvalue weighted by Gasteiger charge is -2.34. The van der Waals surface area contributed by atoms with Gasteiger partial charge >= 0.3 is 0 Å². The molecule has 3 heterocycles. The van der Waals surface area contributed by atoms with E-state index >= 15 is 0 Å². The summed E-state index contributed by atoms with van der Waals surface area (Å²) < 4.78 is 20.3. The Bertz CT molecular complexity index is 7730. The maximum absolute atomic E-state index is 7.02. The summed E-state index contributed by atoms with van der Waals surface area (Å²) in [6.45, 7) is 4.15. The zero-order valence-electron chi connectivity index (χ0n) is 71.5. The molecule has 0 saturated heterocycles. The van der Waals surface area contributed by atoms with E-state index in [2.05, 4.69) is 508 Å². The maximum atomic E-state index is 7.02. The van der Waals surface area contributed by atoms with Crippen molar-refractivity contribution in [2.24, 2.45) is 0 Å². The summed E-state index contributed by atoms with van der Waals surface area (Å²) in [7, 11) is -5.26. The van der Waals surface area contributed by atoms with Crippen molar-refractivity contribution in [1.82, 2.24) is 0 Å². The summed E-state index contributed by atoms with van der Waals surface area (Å²) in [5.41, 5.74) is 23.0. The van der Waals surface area contributed by atoms with Gasteiger partial charge in [0.25, 0.3) is 0 Å². The first-order valence-corrected chi connectivity index (χ1v) is 48.2. The monoisotopic (exact) mass is 1680 g/mol. The average molecular weight is 1690 g/mol. The first-order valence-electron chi connectivity index (χ1n) is 44.2. The van der Waals surface area contributed by atoms with Crippen LogP contribution in [0, 0.1) is 13.8 Å². The summed E-state index contributed by atoms with van der Waals surface area (Å²) in [5, 5.41) is 18.8. The third-order valence-corrected chi connectivity index (χ3v) is 35.7. The molecule has 0 radical (unpaired) electrons. The van der Waals surface area contributed by atoms with Gasteiger partial charge in [-0.05, 0) is 177 Å². The Labute approximate surface area is 753 Å². The van der Waals surface area contributed by atoms with Gasteiger partial charge in [0.2, 0.25) is 0 Å². The fraction of sp³-hybridized carbons (Fsp3) is 0.0164. The molecule has 0 aliphatic carbocycles. The molecule has 20 aromatic carbocycles. The van der Waals surface area contributed by atoms with Gasteiger partial charge in [-0.1, -0.05) is 431 Å². The van der Waals surface area contributed by atoms with Crippen LogP contribution in [-0.4, -0.2) is 16.1 Å². The first-order chi connectivity index (χ1) is 63.8. The van der Waals surface area contributed by atoms with Gasteiger partial charge in [0, 0.05) is 61.2 Å². The van der Waals surface area contributed by atoms with Crippen LogP contribution >= 0.6 is 0 Å². The molecular weight excluding hydrogens is 1600 g/mol. The van der Waals surface area contributed by atoms with Crippen molar-refractivity contribution >= 4 is 157 Å². The highest BCUT2D eigenvalue weighted by Gasteiger charge is 2.43. The van der Waals surface area contributed by atoms with Crippen LogP contribution in [-0.2, 0) is 0 Å². The molecule has 0 aliphatic heterocycles. The Morgan fingerprint density at radius 2 is 0.457 bits per heavy atom. The summed E-state index contributed by atoms with van der Waals surface area (Å²) in [6.07, 6.45) is 0. The van der Waals surface area contributed by atoms with Gasteiger partial charge in [0.05, 0.1) is 17.1 Å². The normalized spacial score (nSPS) is 11.6. The van der Waals surface area contributed by atoms with Crippen LogP contribution in [0.15, 0.2) is 511 Å². The zero-order valence-corrected chi connectivity index (χ0v) is 73.5. The van der Waals surface area contributed by atoms with Crippen LogP contribution < -0.4 is 51.3 Å². The van der Waals surface area contributed by atoms with Crippen LogP contribution in [0.5, 0.6) is 0 Å². The van der Waals surface area contributed by atoms with Crippen molar-refractivity contribution in [2.75, 3.05) is 9.80 Å². The SMILES string of the molecule is Cc1oc2cc(N(c3ccc(-c4ccc([Si](c5ccccc5)(c5ccccc5)c5ccccc5)cc4)cc3)c3cccc4c3oc3c(-c5ccccc5)cccc34)ccc2c1C.c1ccc(-c2cccc3c2oc2c(N(c4ccc(-c5ccc([Si](c6ccccc6)(c6ccccc6)c6ccccc6)cc5)cc4)c4ccc(-c5cccc6ccccc56)cc4)cccc23)cc1. The van der Waals surface area contributed by atoms with E-state index in [1.165, 1.54) is 74.5 Å². The van der Waals surface area contributed by atoms with E-state index in [0.29, 0.717) is 0 Å². The average Bonchev–Trinajstić information content (AvgIpc) is 1.13. The Morgan fingerprint density at radius 3 is 0.845 bits per heavy atom. The smallest absolute Gasteiger partial charge is 0.179 e. The minimum Gasteiger partial charge on any atom is -0.461 e. The highest BCUT2D eigenvalue weighted by atomic mass is 28.3. The summed E-state index contributed by atoms with van der Waals surface area (Å²) >= 11 is 0. The molecule has 23 aromatic rings. The fourth-order valence-electron chi connectivity index (χ4n) is 19.8. The zero-order chi connectivity index (χ0) is 86.2. The van der Waals surface area contributed by atoms with Crippen LogP contribution in [0.1, 0.15) is 11.3 Å². The molecule has 0 N–H and O–H groups in total. The van der Waals surface area contributed by atoms with Crippen LogP contribution in [0.3, 0.4) is 0 Å². The van der Waals surface area contributed by atoms with E-state index < -0.39 is 16.1 Å². The van der Waals surface area contributed by atoms with Gasteiger partial charge in [-0.15, -0.1) is 0 Å². The molecule has 612 valence electrons. The van der Waals surface area contributed by atoms with E-state index in [1.54, 1.807) is 0 Å². The summed E-state index contributed by atoms with van der Waals surface area (Å²) in [6, 6.07) is 181. The molecular formula is C122H88N2O3Si2. The first kappa shape index (κ1) is 78.8. The van der Waals surface area contributed by atoms with Gasteiger partial charge < -0.3 is 23.1 Å². The van der Waals surface area contributed by atoms with Gasteiger partial charge in [0.1, 0.15) is 22.5 Å². The standard InChI is InChI=1S/C64H45NOSi.C58H43NO2Si/c1-5-18-49(19-6-1)59-30-16-31-60-61-32-17-33-62(64(61)66-63(59)60)65(52-42-36-50(37-43-52)58-29-15-21-48-20-13-14-28-57(48)58)51-40-34-46(35-41-51)47-38-44-56(45-39-47)67(53-22-7-2-8-23-53,54-24-9-3-10-25-54)55-26-11-4-12-27-55;1-40-41(2)60-56-39-46(35-38-51(40)56)59(55-28-16-27-54-53-26-15-25-52(57(53)61-58(54)55)44-17-7-3-8-18-44)45-33-29-42(30-34-45)43-31-36-50(37-32-43)62(47-19-9-4-10-20-47,48-21-11-5-12-22-48)49-23-13-6-14-24-49/h1-45H;3-39H,1-2H3. The number of nitrogens with zero attached hydrogens (tertiary/aromatic N) is 2. The second kappa shape index (κ2) is 34.1. The Balaban J connectivity index is 0.000000152. The molecule has 23 rings (SSSR count). The predicted molar refractivity (Wildman–Crippen MR) is 548 cm³/mol. The van der Waals surface area contributed by atoms with E-state index in [9.17, 15) is 0 Å². The molecule has 0 spiro atoms. The Morgan fingerprint density at radius 1 is 0.186 bits per heavy atom. The maximum Gasteiger partial charge on any atom is 0.179 e. The van der Waals surface area contributed by atoms with Crippen molar-refractivity contribution in [3.8, 4) is 55.6 Å². The minimum absolute atomic E-state index is 0.834. The topological polar surface area (TPSA) is 45.9 Å². The molecule has 0 aliphatic rings. The van der Waals surface area contributed by atoms with Gasteiger partial charge in [-0.2, -0.15) is 0 Å². The molecule has 0 bridgehead atoms. The molecule has 7 heteroatoms. The van der Waals surface area contributed by atoms with Crippen molar-refractivity contribution in [2.45, 2.75) is 13.8 Å². The number of anilines is 6. The van der Waals surface area contributed by atoms with Gasteiger partial charge in [0.15, 0.2) is 27.3 Å². The molecule has 5 nitrogen and oxygen atoms in total. The number of hydrogen-bond donors (Lipinski definition) is 0. The van der Waals surface area contributed by atoms with E-state index in [-0.39, 0.29) is 0 Å². The van der Waals surface area contributed by atoms with Crippen LogP contribution in [0.4, 0.5) is 34.1 Å². The molecule has 3 aromatic heterocycles.